The third kappa shape index (κ3) is 2.17. The fraction of sp³-hybridized carbons (Fsp3) is 0.0714. The van der Waals surface area contributed by atoms with Crippen molar-refractivity contribution in [3.05, 3.63) is 63.0 Å². The van der Waals surface area contributed by atoms with Gasteiger partial charge >= 0.3 is 5.69 Å². The van der Waals surface area contributed by atoms with E-state index >= 15 is 0 Å². The van der Waals surface area contributed by atoms with Gasteiger partial charge < -0.3 is 10.1 Å². The highest BCUT2D eigenvalue weighted by Gasteiger charge is 2.09. The van der Waals surface area contributed by atoms with Crippen LogP contribution in [0.1, 0.15) is 5.56 Å². The SMILES string of the molecule is O=c1[nH]c2c(O)cccc2n1Cc1ccc(Br)cc1. The number of fused-ring (bicyclic) bond motifs is 1. The third-order valence-electron chi connectivity index (χ3n) is 3.04. The number of nitrogens with zero attached hydrogens (tertiary/aromatic N) is 1. The number of phenols is 1. The van der Waals surface area contributed by atoms with E-state index in [0.717, 1.165) is 10.0 Å². The summed E-state index contributed by atoms with van der Waals surface area (Å²) in [5.74, 6) is 0.0872. The maximum Gasteiger partial charge on any atom is 0.326 e. The van der Waals surface area contributed by atoms with Gasteiger partial charge in [-0.05, 0) is 29.8 Å². The number of phenolic OH excluding ortho intramolecular Hbond substituents is 1. The van der Waals surface area contributed by atoms with Gasteiger partial charge in [0.05, 0.1) is 12.1 Å². The molecule has 0 bridgehead atoms. The van der Waals surface area contributed by atoms with Crippen molar-refractivity contribution in [2.75, 3.05) is 0 Å². The highest BCUT2D eigenvalue weighted by molar-refractivity contribution is 9.10. The molecule has 96 valence electrons. The number of para-hydroxylation sites is 1. The Balaban J connectivity index is 2.10. The quantitative estimate of drug-likeness (QED) is 0.763. The van der Waals surface area contributed by atoms with Crippen LogP contribution in [-0.2, 0) is 6.54 Å². The lowest BCUT2D eigenvalue weighted by atomic mass is 10.2. The van der Waals surface area contributed by atoms with E-state index in [1.165, 1.54) is 0 Å². The number of H-pyrrole nitrogens is 1. The lowest BCUT2D eigenvalue weighted by Crippen LogP contribution is -2.17. The molecule has 3 aromatic rings. The second kappa shape index (κ2) is 4.59. The summed E-state index contributed by atoms with van der Waals surface area (Å²) in [5, 5.41) is 9.72. The van der Waals surface area contributed by atoms with E-state index in [-0.39, 0.29) is 11.4 Å². The number of halogens is 1. The molecule has 0 saturated heterocycles. The van der Waals surface area contributed by atoms with E-state index in [1.54, 1.807) is 16.7 Å². The first kappa shape index (κ1) is 12.0. The molecule has 0 amide bonds. The Morgan fingerprint density at radius 3 is 2.63 bits per heavy atom. The third-order valence-corrected chi connectivity index (χ3v) is 3.57. The first-order valence-corrected chi connectivity index (χ1v) is 6.59. The Hall–Kier alpha value is -2.01. The van der Waals surface area contributed by atoms with Crippen LogP contribution in [0.15, 0.2) is 51.7 Å². The average molecular weight is 319 g/mol. The number of hydrogen-bond donors (Lipinski definition) is 2. The summed E-state index contributed by atoms with van der Waals surface area (Å²) in [6.45, 7) is 0.468. The molecule has 0 aliphatic rings. The number of imidazole rings is 1. The average Bonchev–Trinajstić information content (AvgIpc) is 2.71. The van der Waals surface area contributed by atoms with Crippen molar-refractivity contribution >= 4 is 27.0 Å². The van der Waals surface area contributed by atoms with Gasteiger partial charge in [-0.1, -0.05) is 34.1 Å². The maximum atomic E-state index is 11.9. The fourth-order valence-corrected chi connectivity index (χ4v) is 2.36. The Bertz CT molecular complexity index is 787. The van der Waals surface area contributed by atoms with Crippen LogP contribution in [0.25, 0.3) is 11.0 Å². The molecule has 0 aliphatic heterocycles. The largest absolute Gasteiger partial charge is 0.506 e. The molecule has 0 saturated carbocycles. The van der Waals surface area contributed by atoms with E-state index in [1.807, 2.05) is 30.3 Å². The zero-order valence-corrected chi connectivity index (χ0v) is 11.5. The van der Waals surface area contributed by atoms with Crippen molar-refractivity contribution in [2.24, 2.45) is 0 Å². The highest BCUT2D eigenvalue weighted by Crippen LogP contribution is 2.21. The minimum Gasteiger partial charge on any atom is -0.506 e. The molecular formula is C14H11BrN2O2. The van der Waals surface area contributed by atoms with Crippen LogP contribution in [0.5, 0.6) is 5.75 Å². The molecule has 0 unspecified atom stereocenters. The molecule has 0 atom stereocenters. The number of nitrogens with one attached hydrogen (secondary N) is 1. The summed E-state index contributed by atoms with van der Waals surface area (Å²) >= 11 is 3.38. The van der Waals surface area contributed by atoms with Gasteiger partial charge in [0, 0.05) is 4.47 Å². The van der Waals surface area contributed by atoms with E-state index in [9.17, 15) is 9.90 Å². The first-order valence-electron chi connectivity index (χ1n) is 5.80. The van der Waals surface area contributed by atoms with Gasteiger partial charge in [-0.2, -0.15) is 0 Å². The summed E-state index contributed by atoms with van der Waals surface area (Å²) in [5.41, 5.74) is 1.98. The van der Waals surface area contributed by atoms with Crippen molar-refractivity contribution in [1.29, 1.82) is 0 Å². The van der Waals surface area contributed by atoms with Crippen molar-refractivity contribution < 1.29 is 5.11 Å². The number of aromatic amines is 1. The van der Waals surface area contributed by atoms with Gasteiger partial charge in [-0.25, -0.2) is 4.79 Å². The van der Waals surface area contributed by atoms with Crippen molar-refractivity contribution in [3.8, 4) is 5.75 Å². The fourth-order valence-electron chi connectivity index (χ4n) is 2.09. The topological polar surface area (TPSA) is 58.0 Å². The Morgan fingerprint density at radius 1 is 1.16 bits per heavy atom. The Kier molecular flexibility index (Phi) is 2.91. The standard InChI is InChI=1S/C14H11BrN2O2/c15-10-6-4-9(5-7-10)8-17-11-2-1-3-12(18)13(11)16-14(17)19/h1-7,18H,8H2,(H,16,19). The lowest BCUT2D eigenvalue weighted by Gasteiger charge is -2.04. The molecule has 0 spiro atoms. The van der Waals surface area contributed by atoms with E-state index in [2.05, 4.69) is 20.9 Å². The molecule has 0 fully saturated rings. The van der Waals surface area contributed by atoms with E-state index in [4.69, 9.17) is 0 Å². The highest BCUT2D eigenvalue weighted by atomic mass is 79.9. The van der Waals surface area contributed by atoms with E-state index in [0.29, 0.717) is 17.6 Å². The van der Waals surface area contributed by atoms with Gasteiger partial charge in [0.25, 0.3) is 0 Å². The summed E-state index contributed by atoms with van der Waals surface area (Å²) in [6, 6.07) is 12.9. The molecule has 0 aliphatic carbocycles. The predicted octanol–water partition coefficient (Wildman–Crippen LogP) is 2.85. The zero-order chi connectivity index (χ0) is 13.4. The van der Waals surface area contributed by atoms with Crippen LogP contribution in [-0.4, -0.2) is 14.7 Å². The van der Waals surface area contributed by atoms with Crippen molar-refractivity contribution in [1.82, 2.24) is 9.55 Å². The summed E-state index contributed by atoms with van der Waals surface area (Å²) in [6.07, 6.45) is 0. The minimum absolute atomic E-state index is 0.0872. The molecule has 2 aromatic carbocycles. The summed E-state index contributed by atoms with van der Waals surface area (Å²) in [4.78, 5) is 14.6. The number of rotatable bonds is 2. The normalized spacial score (nSPS) is 11.0. The van der Waals surface area contributed by atoms with E-state index < -0.39 is 0 Å². The van der Waals surface area contributed by atoms with Gasteiger partial charge in [-0.3, -0.25) is 4.57 Å². The molecule has 1 aromatic heterocycles. The Labute approximate surface area is 117 Å². The molecule has 4 nitrogen and oxygen atoms in total. The second-order valence-electron chi connectivity index (χ2n) is 4.31. The maximum absolute atomic E-state index is 11.9. The Morgan fingerprint density at radius 2 is 1.89 bits per heavy atom. The molecule has 0 radical (unpaired) electrons. The molecule has 19 heavy (non-hydrogen) atoms. The number of benzene rings is 2. The smallest absolute Gasteiger partial charge is 0.326 e. The van der Waals surface area contributed by atoms with Crippen LogP contribution < -0.4 is 5.69 Å². The van der Waals surface area contributed by atoms with Gasteiger partial charge in [-0.15, -0.1) is 0 Å². The summed E-state index contributed by atoms with van der Waals surface area (Å²) in [7, 11) is 0. The van der Waals surface area contributed by atoms with Crippen LogP contribution in [0, 0.1) is 0 Å². The van der Waals surface area contributed by atoms with Gasteiger partial charge in [0.2, 0.25) is 0 Å². The van der Waals surface area contributed by atoms with Crippen molar-refractivity contribution in [3.63, 3.8) is 0 Å². The molecule has 1 heterocycles. The van der Waals surface area contributed by atoms with Gasteiger partial charge in [0.15, 0.2) is 0 Å². The van der Waals surface area contributed by atoms with Crippen molar-refractivity contribution in [2.45, 2.75) is 6.54 Å². The lowest BCUT2D eigenvalue weighted by molar-refractivity contribution is 0.480. The minimum atomic E-state index is -0.223. The predicted molar refractivity (Wildman–Crippen MR) is 77.5 cm³/mol. The molecule has 5 heteroatoms. The zero-order valence-electron chi connectivity index (χ0n) is 9.93. The van der Waals surface area contributed by atoms with Gasteiger partial charge in [0.1, 0.15) is 11.3 Å². The molecule has 2 N–H and O–H groups in total. The monoisotopic (exact) mass is 318 g/mol. The second-order valence-corrected chi connectivity index (χ2v) is 5.23. The van der Waals surface area contributed by atoms with Crippen LogP contribution >= 0.6 is 15.9 Å². The van der Waals surface area contributed by atoms with Crippen LogP contribution in [0.4, 0.5) is 0 Å². The number of hydrogen-bond acceptors (Lipinski definition) is 2. The van der Waals surface area contributed by atoms with Crippen LogP contribution in [0.2, 0.25) is 0 Å². The summed E-state index contributed by atoms with van der Waals surface area (Å²) < 4.78 is 2.61. The molecule has 3 rings (SSSR count). The molecular weight excluding hydrogens is 308 g/mol. The first-order chi connectivity index (χ1) is 9.15. The van der Waals surface area contributed by atoms with Crippen LogP contribution in [0.3, 0.4) is 0 Å². The number of aromatic nitrogens is 2. The number of aromatic hydroxyl groups is 1.